The molecule has 0 bridgehead atoms. The average Bonchev–Trinajstić information content (AvgIpc) is 2.29. The van der Waals surface area contributed by atoms with Crippen LogP contribution in [0.15, 0.2) is 36.4 Å². The van der Waals surface area contributed by atoms with Crippen molar-refractivity contribution in [3.8, 4) is 0 Å². The molecular formula is C14H15Cl. The van der Waals surface area contributed by atoms with Gasteiger partial charge >= 0.3 is 0 Å². The highest BCUT2D eigenvalue weighted by atomic mass is 35.5. The fourth-order valence-corrected chi connectivity index (χ4v) is 2.16. The lowest BCUT2D eigenvalue weighted by Gasteiger charge is -2.12. The van der Waals surface area contributed by atoms with E-state index in [9.17, 15) is 0 Å². The average molecular weight is 219 g/mol. The zero-order valence-corrected chi connectivity index (χ0v) is 9.88. The molecule has 0 amide bonds. The third kappa shape index (κ3) is 1.87. The van der Waals surface area contributed by atoms with Crippen LogP contribution in [-0.4, -0.2) is 0 Å². The van der Waals surface area contributed by atoms with Crippen LogP contribution in [0.3, 0.4) is 0 Å². The van der Waals surface area contributed by atoms with Gasteiger partial charge in [0.2, 0.25) is 0 Å². The highest BCUT2D eigenvalue weighted by molar-refractivity contribution is 6.21. The van der Waals surface area contributed by atoms with E-state index >= 15 is 0 Å². The van der Waals surface area contributed by atoms with Gasteiger partial charge in [-0.25, -0.2) is 0 Å². The van der Waals surface area contributed by atoms with Gasteiger partial charge in [0.05, 0.1) is 5.38 Å². The summed E-state index contributed by atoms with van der Waals surface area (Å²) in [6, 6.07) is 12.8. The van der Waals surface area contributed by atoms with Gasteiger partial charge < -0.3 is 0 Å². The minimum Gasteiger partial charge on any atom is -0.118 e. The van der Waals surface area contributed by atoms with Crippen LogP contribution in [0, 0.1) is 6.92 Å². The van der Waals surface area contributed by atoms with Crippen LogP contribution >= 0.6 is 11.6 Å². The number of halogens is 1. The number of hydrogen-bond acceptors (Lipinski definition) is 0. The molecule has 0 saturated carbocycles. The van der Waals surface area contributed by atoms with E-state index in [1.165, 1.54) is 21.9 Å². The van der Waals surface area contributed by atoms with Crippen molar-refractivity contribution in [2.75, 3.05) is 0 Å². The number of alkyl halides is 1. The minimum absolute atomic E-state index is 0.121. The first-order chi connectivity index (χ1) is 7.24. The van der Waals surface area contributed by atoms with Gasteiger partial charge in [-0.3, -0.25) is 0 Å². The lowest BCUT2D eigenvalue weighted by Crippen LogP contribution is -1.91. The maximum atomic E-state index is 6.32. The van der Waals surface area contributed by atoms with Gasteiger partial charge in [0.25, 0.3) is 0 Å². The molecule has 0 aliphatic rings. The Morgan fingerprint density at radius 1 is 1.07 bits per heavy atom. The summed E-state index contributed by atoms with van der Waals surface area (Å²) in [6.07, 6.45) is 0.967. The monoisotopic (exact) mass is 218 g/mol. The summed E-state index contributed by atoms with van der Waals surface area (Å²) >= 11 is 6.32. The Hall–Kier alpha value is -1.01. The normalized spacial score (nSPS) is 13.0. The first-order valence-electron chi connectivity index (χ1n) is 5.36. The maximum Gasteiger partial charge on any atom is 0.0588 e. The van der Waals surface area contributed by atoms with Crippen LogP contribution in [-0.2, 0) is 0 Å². The summed E-state index contributed by atoms with van der Waals surface area (Å²) < 4.78 is 0. The van der Waals surface area contributed by atoms with Crippen LogP contribution in [0.2, 0.25) is 0 Å². The molecule has 15 heavy (non-hydrogen) atoms. The Kier molecular flexibility index (Phi) is 2.97. The van der Waals surface area contributed by atoms with E-state index in [1.54, 1.807) is 0 Å². The van der Waals surface area contributed by atoms with E-state index in [2.05, 4.69) is 50.2 Å². The summed E-state index contributed by atoms with van der Waals surface area (Å²) in [5.41, 5.74) is 2.56. The Labute approximate surface area is 95.9 Å². The van der Waals surface area contributed by atoms with E-state index in [1.807, 2.05) is 0 Å². The molecular weight excluding hydrogens is 204 g/mol. The van der Waals surface area contributed by atoms with Gasteiger partial charge in [-0.15, -0.1) is 11.6 Å². The predicted molar refractivity (Wildman–Crippen MR) is 67.6 cm³/mol. The van der Waals surface area contributed by atoms with E-state index < -0.39 is 0 Å². The molecule has 0 aromatic heterocycles. The fourth-order valence-electron chi connectivity index (χ4n) is 1.97. The maximum absolute atomic E-state index is 6.32. The molecule has 0 aliphatic carbocycles. The van der Waals surface area contributed by atoms with Crippen molar-refractivity contribution in [1.29, 1.82) is 0 Å². The van der Waals surface area contributed by atoms with E-state index in [-0.39, 0.29) is 5.38 Å². The first-order valence-corrected chi connectivity index (χ1v) is 5.80. The second-order valence-electron chi connectivity index (χ2n) is 3.89. The van der Waals surface area contributed by atoms with Crippen LogP contribution < -0.4 is 0 Å². The van der Waals surface area contributed by atoms with Crippen molar-refractivity contribution in [3.05, 3.63) is 47.5 Å². The number of fused-ring (bicyclic) bond motifs is 1. The number of benzene rings is 2. The molecule has 0 N–H and O–H groups in total. The van der Waals surface area contributed by atoms with Crippen LogP contribution in [0.25, 0.3) is 10.8 Å². The van der Waals surface area contributed by atoms with E-state index in [0.29, 0.717) is 0 Å². The summed E-state index contributed by atoms with van der Waals surface area (Å²) in [4.78, 5) is 0. The minimum atomic E-state index is 0.121. The zero-order valence-electron chi connectivity index (χ0n) is 9.13. The SMILES string of the molecule is CCC(Cl)c1ccc(C)c2ccccc12. The molecule has 2 aromatic rings. The van der Waals surface area contributed by atoms with Crippen molar-refractivity contribution in [3.63, 3.8) is 0 Å². The Bertz CT molecular complexity index is 474. The van der Waals surface area contributed by atoms with Gasteiger partial charge in [0.15, 0.2) is 0 Å². The zero-order chi connectivity index (χ0) is 10.8. The molecule has 0 nitrogen and oxygen atoms in total. The van der Waals surface area contributed by atoms with Gasteiger partial charge in [0, 0.05) is 0 Å². The fraction of sp³-hybridized carbons (Fsp3) is 0.286. The van der Waals surface area contributed by atoms with Gasteiger partial charge in [-0.2, -0.15) is 0 Å². The van der Waals surface area contributed by atoms with Crippen molar-refractivity contribution in [1.82, 2.24) is 0 Å². The molecule has 0 fully saturated rings. The summed E-state index contributed by atoms with van der Waals surface area (Å²) in [6.45, 7) is 4.26. The highest BCUT2D eigenvalue weighted by Crippen LogP contribution is 2.31. The second-order valence-corrected chi connectivity index (χ2v) is 4.42. The van der Waals surface area contributed by atoms with Crippen molar-refractivity contribution < 1.29 is 0 Å². The van der Waals surface area contributed by atoms with Crippen LogP contribution in [0.4, 0.5) is 0 Å². The standard InChI is InChI=1S/C14H15Cl/c1-3-14(15)13-9-8-10(2)11-6-4-5-7-12(11)13/h4-9,14H,3H2,1-2H3. The molecule has 0 radical (unpaired) electrons. The summed E-state index contributed by atoms with van der Waals surface area (Å²) in [5, 5.41) is 2.73. The van der Waals surface area contributed by atoms with E-state index in [4.69, 9.17) is 11.6 Å². The number of rotatable bonds is 2. The summed E-state index contributed by atoms with van der Waals surface area (Å²) in [7, 11) is 0. The molecule has 2 aromatic carbocycles. The number of hydrogen-bond donors (Lipinski definition) is 0. The van der Waals surface area contributed by atoms with Gasteiger partial charge in [-0.1, -0.05) is 43.3 Å². The molecule has 1 atom stereocenters. The van der Waals surface area contributed by atoms with Crippen LogP contribution in [0.5, 0.6) is 0 Å². The molecule has 0 spiro atoms. The lowest BCUT2D eigenvalue weighted by atomic mass is 9.97. The number of aryl methyl sites for hydroxylation is 1. The van der Waals surface area contributed by atoms with E-state index in [0.717, 1.165) is 6.42 Å². The third-order valence-corrected chi connectivity index (χ3v) is 3.42. The largest absolute Gasteiger partial charge is 0.118 e. The summed E-state index contributed by atoms with van der Waals surface area (Å²) in [5.74, 6) is 0. The predicted octanol–water partition coefficient (Wildman–Crippen LogP) is 4.84. The van der Waals surface area contributed by atoms with Crippen molar-refractivity contribution >= 4 is 22.4 Å². The van der Waals surface area contributed by atoms with Crippen LogP contribution in [0.1, 0.15) is 29.8 Å². The Morgan fingerprint density at radius 2 is 1.73 bits per heavy atom. The van der Waals surface area contributed by atoms with Crippen molar-refractivity contribution in [2.24, 2.45) is 0 Å². The molecule has 0 aliphatic heterocycles. The Morgan fingerprint density at radius 3 is 2.40 bits per heavy atom. The highest BCUT2D eigenvalue weighted by Gasteiger charge is 2.09. The molecule has 2 rings (SSSR count). The quantitative estimate of drug-likeness (QED) is 0.633. The molecule has 0 saturated heterocycles. The molecule has 0 heterocycles. The molecule has 78 valence electrons. The van der Waals surface area contributed by atoms with Gasteiger partial charge in [-0.05, 0) is 35.2 Å². The first kappa shape index (κ1) is 10.5. The molecule has 1 unspecified atom stereocenters. The van der Waals surface area contributed by atoms with Gasteiger partial charge in [0.1, 0.15) is 0 Å². The topological polar surface area (TPSA) is 0 Å². The second kappa shape index (κ2) is 4.24. The van der Waals surface area contributed by atoms with Crippen molar-refractivity contribution in [2.45, 2.75) is 25.6 Å². The Balaban J connectivity index is 2.71. The smallest absolute Gasteiger partial charge is 0.0588 e. The third-order valence-electron chi connectivity index (χ3n) is 2.87. The molecule has 1 heteroatoms. The lowest BCUT2D eigenvalue weighted by molar-refractivity contribution is 0.891.